The van der Waals surface area contributed by atoms with Crippen molar-refractivity contribution in [2.45, 2.75) is 6.92 Å². The molecule has 3 N–H and O–H groups in total. The van der Waals surface area contributed by atoms with Crippen LogP contribution in [-0.2, 0) is 0 Å². The number of amides is 2. The van der Waals surface area contributed by atoms with Gasteiger partial charge < -0.3 is 15.2 Å². The van der Waals surface area contributed by atoms with Crippen LogP contribution in [-0.4, -0.2) is 45.2 Å². The molecule has 0 aliphatic rings. The third-order valence-electron chi connectivity index (χ3n) is 3.29. The Balaban J connectivity index is 2.01. The fourth-order valence-corrected chi connectivity index (χ4v) is 2.05. The first kappa shape index (κ1) is 14.1. The number of halogens is 1. The Morgan fingerprint density at radius 2 is 2.14 bits per heavy atom. The van der Waals surface area contributed by atoms with Crippen LogP contribution in [0, 0.1) is 12.7 Å². The Hall–Kier alpha value is -2.90. The van der Waals surface area contributed by atoms with Crippen molar-refractivity contribution >= 4 is 22.8 Å². The largest absolute Gasteiger partial charge is 0.337 e. The van der Waals surface area contributed by atoms with E-state index in [4.69, 9.17) is 0 Å². The van der Waals surface area contributed by atoms with E-state index >= 15 is 0 Å². The number of rotatable bonds is 2. The number of benzene rings is 1. The van der Waals surface area contributed by atoms with Gasteiger partial charge in [-0.25, -0.2) is 14.2 Å². The number of H-pyrrole nitrogens is 2. The minimum atomic E-state index is -0.309. The molecule has 0 bridgehead atoms. The van der Waals surface area contributed by atoms with E-state index in [1.807, 2.05) is 0 Å². The summed E-state index contributed by atoms with van der Waals surface area (Å²) in [5.74, 6) is 0.169. The van der Waals surface area contributed by atoms with Crippen LogP contribution in [0.25, 0.3) is 22.6 Å². The van der Waals surface area contributed by atoms with Crippen LogP contribution in [0.2, 0.25) is 0 Å². The number of carbonyl (C=O) groups is 1. The van der Waals surface area contributed by atoms with Crippen LogP contribution in [0.15, 0.2) is 18.3 Å². The molecule has 114 valence electrons. The van der Waals surface area contributed by atoms with E-state index in [2.05, 4.69) is 25.5 Å². The van der Waals surface area contributed by atoms with Crippen molar-refractivity contribution in [1.82, 2.24) is 25.1 Å². The van der Waals surface area contributed by atoms with Gasteiger partial charge in [-0.1, -0.05) is 0 Å². The molecule has 22 heavy (non-hydrogen) atoms. The third kappa shape index (κ3) is 2.39. The molecule has 0 aliphatic carbocycles. The highest BCUT2D eigenvalue weighted by Crippen LogP contribution is 2.26. The summed E-state index contributed by atoms with van der Waals surface area (Å²) >= 11 is 0. The third-order valence-corrected chi connectivity index (χ3v) is 3.29. The van der Waals surface area contributed by atoms with Crippen molar-refractivity contribution in [3.05, 3.63) is 29.7 Å². The van der Waals surface area contributed by atoms with Crippen LogP contribution >= 0.6 is 0 Å². The average molecular weight is 302 g/mol. The smallest absolute Gasteiger partial charge is 0.321 e. The Morgan fingerprint density at radius 1 is 1.36 bits per heavy atom. The molecule has 2 aromatic heterocycles. The number of fused-ring (bicyclic) bond motifs is 1. The van der Waals surface area contributed by atoms with Gasteiger partial charge in [-0.3, -0.25) is 5.10 Å². The molecule has 0 radical (unpaired) electrons. The number of aromatic amines is 2. The highest BCUT2D eigenvalue weighted by Gasteiger charge is 2.15. The summed E-state index contributed by atoms with van der Waals surface area (Å²) < 4.78 is 13.6. The van der Waals surface area contributed by atoms with Gasteiger partial charge in [-0.15, -0.1) is 0 Å². The maximum Gasteiger partial charge on any atom is 0.321 e. The topological polar surface area (TPSA) is 89.7 Å². The molecule has 2 heterocycles. The number of hydrogen-bond donors (Lipinski definition) is 3. The molecule has 3 rings (SSSR count). The van der Waals surface area contributed by atoms with Gasteiger partial charge in [0.1, 0.15) is 11.5 Å². The average Bonchev–Trinajstić information content (AvgIpc) is 3.05. The minimum Gasteiger partial charge on any atom is -0.337 e. The summed E-state index contributed by atoms with van der Waals surface area (Å²) in [5, 5.41) is 9.42. The van der Waals surface area contributed by atoms with Gasteiger partial charge in [0, 0.05) is 20.2 Å². The SMILES string of the molecule is Cc1cc2[nH]c(-c3[nH]ncc3NC(=O)N(C)C)nc2cc1F. The molecule has 0 aliphatic heterocycles. The molecule has 1 aromatic carbocycles. The molecule has 0 fully saturated rings. The number of urea groups is 1. The number of nitrogens with one attached hydrogen (secondary N) is 3. The van der Waals surface area contributed by atoms with Crippen LogP contribution in [0.1, 0.15) is 5.56 Å². The standard InChI is InChI=1S/C14H15FN6O/c1-7-4-9-10(5-8(7)15)18-13(17-9)12-11(6-16-20-12)19-14(22)21(2)3/h4-6H,1-3H3,(H,16,20)(H,17,18)(H,19,22). The van der Waals surface area contributed by atoms with Gasteiger partial charge in [0.25, 0.3) is 0 Å². The monoisotopic (exact) mass is 302 g/mol. The predicted octanol–water partition coefficient (Wildman–Crippen LogP) is 2.49. The van der Waals surface area contributed by atoms with E-state index in [0.717, 1.165) is 0 Å². The zero-order valence-corrected chi connectivity index (χ0v) is 12.4. The normalized spacial score (nSPS) is 10.9. The zero-order valence-electron chi connectivity index (χ0n) is 12.4. The first-order chi connectivity index (χ1) is 10.5. The second-order valence-corrected chi connectivity index (χ2v) is 5.19. The van der Waals surface area contributed by atoms with Crippen molar-refractivity contribution in [2.75, 3.05) is 19.4 Å². The van der Waals surface area contributed by atoms with Gasteiger partial charge in [-0.05, 0) is 18.6 Å². The van der Waals surface area contributed by atoms with Gasteiger partial charge in [0.15, 0.2) is 5.82 Å². The Morgan fingerprint density at radius 3 is 2.86 bits per heavy atom. The van der Waals surface area contributed by atoms with Gasteiger partial charge in [-0.2, -0.15) is 5.10 Å². The Bertz CT molecular complexity index is 811. The van der Waals surface area contributed by atoms with Crippen molar-refractivity contribution in [3.63, 3.8) is 0 Å². The summed E-state index contributed by atoms with van der Waals surface area (Å²) in [5.41, 5.74) is 2.79. The minimum absolute atomic E-state index is 0.277. The molecular formula is C14H15FN6O. The molecule has 7 nitrogen and oxygen atoms in total. The molecule has 0 saturated heterocycles. The summed E-state index contributed by atoms with van der Waals surface area (Å²) in [6.45, 7) is 1.69. The summed E-state index contributed by atoms with van der Waals surface area (Å²) in [7, 11) is 3.28. The van der Waals surface area contributed by atoms with Gasteiger partial charge in [0.05, 0.1) is 22.9 Å². The predicted molar refractivity (Wildman–Crippen MR) is 81.1 cm³/mol. The van der Waals surface area contributed by atoms with E-state index in [0.29, 0.717) is 33.8 Å². The fraction of sp³-hybridized carbons (Fsp3) is 0.214. The number of nitrogens with zero attached hydrogens (tertiary/aromatic N) is 3. The van der Waals surface area contributed by atoms with E-state index in [9.17, 15) is 9.18 Å². The summed E-state index contributed by atoms with van der Waals surface area (Å²) in [4.78, 5) is 20.6. The lowest BCUT2D eigenvalue weighted by atomic mass is 10.2. The number of anilines is 1. The van der Waals surface area contributed by atoms with Gasteiger partial charge in [0.2, 0.25) is 0 Å². The molecule has 0 unspecified atom stereocenters. The van der Waals surface area contributed by atoms with E-state index < -0.39 is 0 Å². The fourth-order valence-electron chi connectivity index (χ4n) is 2.05. The number of hydrogen-bond acceptors (Lipinski definition) is 3. The van der Waals surface area contributed by atoms with Crippen molar-refractivity contribution in [2.24, 2.45) is 0 Å². The quantitative estimate of drug-likeness (QED) is 0.679. The number of imidazole rings is 1. The zero-order chi connectivity index (χ0) is 15.9. The molecule has 0 spiro atoms. The lowest BCUT2D eigenvalue weighted by molar-refractivity contribution is 0.230. The van der Waals surface area contributed by atoms with E-state index in [1.165, 1.54) is 17.2 Å². The van der Waals surface area contributed by atoms with E-state index in [1.54, 1.807) is 27.1 Å². The lowest BCUT2D eigenvalue weighted by Crippen LogP contribution is -2.27. The first-order valence-electron chi connectivity index (χ1n) is 6.63. The van der Waals surface area contributed by atoms with Crippen LogP contribution in [0.3, 0.4) is 0 Å². The molecular weight excluding hydrogens is 287 g/mol. The van der Waals surface area contributed by atoms with Crippen molar-refractivity contribution in [3.8, 4) is 11.5 Å². The van der Waals surface area contributed by atoms with Crippen molar-refractivity contribution in [1.29, 1.82) is 0 Å². The summed E-state index contributed by atoms with van der Waals surface area (Å²) in [6, 6.07) is 2.79. The second kappa shape index (κ2) is 5.14. The first-order valence-corrected chi connectivity index (χ1v) is 6.63. The molecule has 0 saturated carbocycles. The number of aryl methyl sites for hydroxylation is 1. The highest BCUT2D eigenvalue weighted by molar-refractivity contribution is 5.93. The maximum atomic E-state index is 13.6. The lowest BCUT2D eigenvalue weighted by Gasteiger charge is -2.11. The van der Waals surface area contributed by atoms with Crippen LogP contribution in [0.5, 0.6) is 0 Å². The molecule has 2 amide bonds. The highest BCUT2D eigenvalue weighted by atomic mass is 19.1. The molecule has 8 heteroatoms. The number of aromatic nitrogens is 4. The second-order valence-electron chi connectivity index (χ2n) is 5.19. The number of carbonyl (C=O) groups excluding carboxylic acids is 1. The van der Waals surface area contributed by atoms with Crippen LogP contribution < -0.4 is 5.32 Å². The van der Waals surface area contributed by atoms with E-state index in [-0.39, 0.29) is 11.8 Å². The van der Waals surface area contributed by atoms with Gasteiger partial charge >= 0.3 is 6.03 Å². The van der Waals surface area contributed by atoms with Crippen LogP contribution in [0.4, 0.5) is 14.9 Å². The van der Waals surface area contributed by atoms with Crippen molar-refractivity contribution < 1.29 is 9.18 Å². The Labute approximate surface area is 125 Å². The Kier molecular flexibility index (Phi) is 3.28. The molecule has 0 atom stereocenters. The summed E-state index contributed by atoms with van der Waals surface area (Å²) in [6.07, 6.45) is 1.50. The molecule has 3 aromatic rings. The maximum absolute atomic E-state index is 13.6.